The Morgan fingerprint density at radius 2 is 2.00 bits per heavy atom. The number of hydrogen-bond acceptors (Lipinski definition) is 1. The SMILES string of the molecule is CC#CCC(NC)C1(CC)CCCC1. The minimum Gasteiger partial charge on any atom is -0.315 e. The normalized spacial score (nSPS) is 21.4. The molecule has 14 heavy (non-hydrogen) atoms. The van der Waals surface area contributed by atoms with Gasteiger partial charge in [-0.25, -0.2) is 0 Å². The van der Waals surface area contributed by atoms with E-state index in [0.29, 0.717) is 11.5 Å². The zero-order valence-electron chi connectivity index (χ0n) is 9.82. The Balaban J connectivity index is 2.66. The van der Waals surface area contributed by atoms with Gasteiger partial charge in [0.05, 0.1) is 0 Å². The van der Waals surface area contributed by atoms with Crippen molar-refractivity contribution < 1.29 is 0 Å². The molecule has 0 aromatic rings. The molecule has 0 amide bonds. The second-order valence-corrected chi connectivity index (χ2v) is 4.40. The summed E-state index contributed by atoms with van der Waals surface area (Å²) in [6, 6.07) is 0.599. The maximum absolute atomic E-state index is 3.47. The largest absolute Gasteiger partial charge is 0.315 e. The highest BCUT2D eigenvalue weighted by Gasteiger charge is 2.38. The van der Waals surface area contributed by atoms with E-state index in [1.165, 1.54) is 32.1 Å². The summed E-state index contributed by atoms with van der Waals surface area (Å²) < 4.78 is 0. The maximum atomic E-state index is 3.47. The van der Waals surface area contributed by atoms with E-state index >= 15 is 0 Å². The summed E-state index contributed by atoms with van der Waals surface area (Å²) in [5.41, 5.74) is 0.540. The van der Waals surface area contributed by atoms with Crippen LogP contribution in [0.2, 0.25) is 0 Å². The van der Waals surface area contributed by atoms with Crippen molar-refractivity contribution in [2.45, 2.75) is 58.4 Å². The van der Waals surface area contributed by atoms with Gasteiger partial charge in [-0.3, -0.25) is 0 Å². The predicted molar refractivity (Wildman–Crippen MR) is 62.1 cm³/mol. The van der Waals surface area contributed by atoms with Crippen molar-refractivity contribution in [3.05, 3.63) is 0 Å². The van der Waals surface area contributed by atoms with Crippen LogP contribution >= 0.6 is 0 Å². The quantitative estimate of drug-likeness (QED) is 0.677. The molecular formula is C13H23N. The minimum absolute atomic E-state index is 0.540. The van der Waals surface area contributed by atoms with Gasteiger partial charge < -0.3 is 5.32 Å². The van der Waals surface area contributed by atoms with Crippen molar-refractivity contribution in [2.24, 2.45) is 5.41 Å². The molecule has 0 spiro atoms. The van der Waals surface area contributed by atoms with Crippen LogP contribution in [0.5, 0.6) is 0 Å². The molecule has 1 saturated carbocycles. The second-order valence-electron chi connectivity index (χ2n) is 4.40. The molecule has 0 radical (unpaired) electrons. The van der Waals surface area contributed by atoms with Crippen LogP contribution < -0.4 is 5.32 Å². The Morgan fingerprint density at radius 1 is 1.36 bits per heavy atom. The molecule has 0 saturated heterocycles. The van der Waals surface area contributed by atoms with Crippen LogP contribution in [0.25, 0.3) is 0 Å². The first-order valence-corrected chi connectivity index (χ1v) is 5.86. The fourth-order valence-corrected chi connectivity index (χ4v) is 2.86. The lowest BCUT2D eigenvalue weighted by Crippen LogP contribution is -2.41. The highest BCUT2D eigenvalue weighted by Crippen LogP contribution is 2.44. The van der Waals surface area contributed by atoms with E-state index in [1.54, 1.807) is 0 Å². The molecule has 0 aromatic carbocycles. The standard InChI is InChI=1S/C13H23N/c1-4-6-9-12(14-3)13(5-2)10-7-8-11-13/h12,14H,5,7-11H2,1-3H3. The van der Waals surface area contributed by atoms with Crippen molar-refractivity contribution in [1.82, 2.24) is 5.32 Å². The summed E-state index contributed by atoms with van der Waals surface area (Å²) in [7, 11) is 2.08. The van der Waals surface area contributed by atoms with Gasteiger partial charge in [0.25, 0.3) is 0 Å². The fourth-order valence-electron chi connectivity index (χ4n) is 2.86. The third-order valence-electron chi connectivity index (χ3n) is 3.87. The third-order valence-corrected chi connectivity index (χ3v) is 3.87. The lowest BCUT2D eigenvalue weighted by molar-refractivity contribution is 0.196. The smallest absolute Gasteiger partial charge is 0.0248 e. The summed E-state index contributed by atoms with van der Waals surface area (Å²) in [6.07, 6.45) is 7.91. The Hall–Kier alpha value is -0.480. The van der Waals surface area contributed by atoms with Gasteiger partial charge in [-0.2, -0.15) is 0 Å². The van der Waals surface area contributed by atoms with Crippen molar-refractivity contribution in [3.63, 3.8) is 0 Å². The van der Waals surface area contributed by atoms with Gasteiger partial charge in [0.2, 0.25) is 0 Å². The lowest BCUT2D eigenvalue weighted by Gasteiger charge is -2.35. The van der Waals surface area contributed by atoms with Crippen LogP contribution in [0.1, 0.15) is 52.4 Å². The van der Waals surface area contributed by atoms with Crippen LogP contribution in [-0.4, -0.2) is 13.1 Å². The highest BCUT2D eigenvalue weighted by molar-refractivity contribution is 5.03. The molecule has 1 aliphatic carbocycles. The Kier molecular flexibility index (Phi) is 4.48. The first-order valence-electron chi connectivity index (χ1n) is 5.86. The molecule has 1 fully saturated rings. The maximum Gasteiger partial charge on any atom is 0.0248 e. The molecule has 1 heteroatoms. The first kappa shape index (κ1) is 11.6. The van der Waals surface area contributed by atoms with Gasteiger partial charge in [-0.1, -0.05) is 19.8 Å². The van der Waals surface area contributed by atoms with Crippen LogP contribution in [-0.2, 0) is 0 Å². The summed E-state index contributed by atoms with van der Waals surface area (Å²) >= 11 is 0. The molecule has 1 atom stereocenters. The average Bonchev–Trinajstić information content (AvgIpc) is 2.69. The van der Waals surface area contributed by atoms with Gasteiger partial charge in [0.1, 0.15) is 0 Å². The van der Waals surface area contributed by atoms with Gasteiger partial charge in [0, 0.05) is 12.5 Å². The molecular weight excluding hydrogens is 170 g/mol. The van der Waals surface area contributed by atoms with Crippen molar-refractivity contribution in [3.8, 4) is 11.8 Å². The van der Waals surface area contributed by atoms with Gasteiger partial charge in [-0.05, 0) is 38.6 Å². The molecule has 1 aliphatic rings. The summed E-state index contributed by atoms with van der Waals surface area (Å²) in [5, 5.41) is 3.47. The molecule has 1 rings (SSSR count). The zero-order chi connectivity index (χ0) is 10.4. The Bertz CT molecular complexity index is 215. The van der Waals surface area contributed by atoms with Gasteiger partial charge >= 0.3 is 0 Å². The summed E-state index contributed by atoms with van der Waals surface area (Å²) in [4.78, 5) is 0. The molecule has 0 aromatic heterocycles. The molecule has 0 aliphatic heterocycles. The molecule has 80 valence electrons. The van der Waals surface area contributed by atoms with Crippen LogP contribution in [0.15, 0.2) is 0 Å². The van der Waals surface area contributed by atoms with E-state index in [-0.39, 0.29) is 0 Å². The van der Waals surface area contributed by atoms with E-state index in [9.17, 15) is 0 Å². The van der Waals surface area contributed by atoms with Crippen molar-refractivity contribution in [2.75, 3.05) is 7.05 Å². The van der Waals surface area contributed by atoms with Gasteiger partial charge in [0.15, 0.2) is 0 Å². The Labute approximate surface area is 88.7 Å². The molecule has 1 N–H and O–H groups in total. The van der Waals surface area contributed by atoms with E-state index in [0.717, 1.165) is 6.42 Å². The van der Waals surface area contributed by atoms with E-state index in [4.69, 9.17) is 0 Å². The fraction of sp³-hybridized carbons (Fsp3) is 0.846. The topological polar surface area (TPSA) is 12.0 Å². The highest BCUT2D eigenvalue weighted by atomic mass is 14.9. The van der Waals surface area contributed by atoms with Crippen molar-refractivity contribution in [1.29, 1.82) is 0 Å². The van der Waals surface area contributed by atoms with Crippen LogP contribution in [0.4, 0.5) is 0 Å². The Morgan fingerprint density at radius 3 is 2.43 bits per heavy atom. The third kappa shape index (κ3) is 2.30. The first-order chi connectivity index (χ1) is 6.79. The molecule has 0 bridgehead atoms. The summed E-state index contributed by atoms with van der Waals surface area (Å²) in [6.45, 7) is 4.26. The average molecular weight is 193 g/mol. The van der Waals surface area contributed by atoms with E-state index in [2.05, 4.69) is 31.1 Å². The van der Waals surface area contributed by atoms with Crippen molar-refractivity contribution >= 4 is 0 Å². The molecule has 1 unspecified atom stereocenters. The lowest BCUT2D eigenvalue weighted by atomic mass is 9.75. The molecule has 0 heterocycles. The van der Waals surface area contributed by atoms with E-state index < -0.39 is 0 Å². The minimum atomic E-state index is 0.540. The number of nitrogens with one attached hydrogen (secondary N) is 1. The second kappa shape index (κ2) is 5.41. The molecule has 1 nitrogen and oxygen atoms in total. The monoisotopic (exact) mass is 193 g/mol. The number of rotatable bonds is 4. The van der Waals surface area contributed by atoms with Crippen LogP contribution in [0.3, 0.4) is 0 Å². The zero-order valence-corrected chi connectivity index (χ0v) is 9.82. The summed E-state index contributed by atoms with van der Waals surface area (Å²) in [5.74, 6) is 6.23. The number of hydrogen-bond donors (Lipinski definition) is 1. The van der Waals surface area contributed by atoms with Gasteiger partial charge in [-0.15, -0.1) is 11.8 Å². The van der Waals surface area contributed by atoms with E-state index in [1.807, 2.05) is 6.92 Å². The predicted octanol–water partition coefficient (Wildman–Crippen LogP) is 2.96. The van der Waals surface area contributed by atoms with Crippen LogP contribution in [0, 0.1) is 17.3 Å².